The number of aromatic amines is 1. The van der Waals surface area contributed by atoms with E-state index in [4.69, 9.17) is 5.73 Å². The molecule has 0 aliphatic carbocycles. The smallest absolute Gasteiger partial charge is 0.110 e. The first kappa shape index (κ1) is 12.1. The van der Waals surface area contributed by atoms with Crippen molar-refractivity contribution in [1.82, 2.24) is 9.97 Å². The third-order valence-electron chi connectivity index (χ3n) is 2.96. The molecule has 2 rings (SSSR count). The molecule has 1 heterocycles. The van der Waals surface area contributed by atoms with Crippen LogP contribution in [0.5, 0.6) is 0 Å². The zero-order chi connectivity index (χ0) is 12.6. The highest BCUT2D eigenvalue weighted by Crippen LogP contribution is 2.20. The van der Waals surface area contributed by atoms with Crippen LogP contribution in [0.3, 0.4) is 0 Å². The number of fused-ring (bicyclic) bond motifs is 1. The number of imidazole rings is 1. The molecule has 0 aliphatic heterocycles. The minimum absolute atomic E-state index is 0.224. The largest absolute Gasteiger partial charge is 0.388 e. The molecule has 0 aliphatic rings. The van der Waals surface area contributed by atoms with E-state index in [0.717, 1.165) is 22.4 Å². The standard InChI is InChI=1S/C13H19N3O/c1-8-4-9(2)12-10(5-8)15-11(16-12)6-13(3,17)7-14/h4-5,17H,6-7,14H2,1-3H3,(H,15,16). The molecule has 0 bridgehead atoms. The predicted octanol–water partition coefficient (Wildman–Crippen LogP) is 1.43. The van der Waals surface area contributed by atoms with Crippen LogP contribution in [-0.2, 0) is 6.42 Å². The van der Waals surface area contributed by atoms with Gasteiger partial charge in [0.25, 0.3) is 0 Å². The molecule has 0 radical (unpaired) electrons. The Morgan fingerprint density at radius 1 is 1.41 bits per heavy atom. The predicted molar refractivity (Wildman–Crippen MR) is 68.9 cm³/mol. The Balaban J connectivity index is 2.42. The second-order valence-corrected chi connectivity index (χ2v) is 5.04. The molecular weight excluding hydrogens is 214 g/mol. The lowest BCUT2D eigenvalue weighted by Crippen LogP contribution is -2.36. The molecule has 4 heteroatoms. The van der Waals surface area contributed by atoms with Gasteiger partial charge < -0.3 is 15.8 Å². The molecule has 0 saturated heterocycles. The fourth-order valence-electron chi connectivity index (χ4n) is 2.04. The minimum Gasteiger partial charge on any atom is -0.388 e. The number of nitrogens with two attached hydrogens (primary N) is 1. The van der Waals surface area contributed by atoms with Crippen molar-refractivity contribution in [3.05, 3.63) is 29.1 Å². The number of nitrogens with one attached hydrogen (secondary N) is 1. The van der Waals surface area contributed by atoms with Gasteiger partial charge in [0.05, 0.1) is 16.6 Å². The molecule has 4 nitrogen and oxygen atoms in total. The van der Waals surface area contributed by atoms with Gasteiger partial charge in [0.1, 0.15) is 5.82 Å². The molecule has 1 unspecified atom stereocenters. The van der Waals surface area contributed by atoms with E-state index in [1.165, 1.54) is 5.56 Å². The quantitative estimate of drug-likeness (QED) is 0.750. The topological polar surface area (TPSA) is 74.9 Å². The first-order valence-electron chi connectivity index (χ1n) is 5.79. The van der Waals surface area contributed by atoms with Gasteiger partial charge in [-0.15, -0.1) is 0 Å². The summed E-state index contributed by atoms with van der Waals surface area (Å²) >= 11 is 0. The molecule has 4 N–H and O–H groups in total. The monoisotopic (exact) mass is 233 g/mol. The second-order valence-electron chi connectivity index (χ2n) is 5.04. The Kier molecular flexibility index (Phi) is 2.93. The Labute approximate surface area is 101 Å². The number of aliphatic hydroxyl groups is 1. The zero-order valence-corrected chi connectivity index (χ0v) is 10.5. The van der Waals surface area contributed by atoms with Crippen molar-refractivity contribution >= 4 is 11.0 Å². The fraction of sp³-hybridized carbons (Fsp3) is 0.462. The van der Waals surface area contributed by atoms with E-state index >= 15 is 0 Å². The van der Waals surface area contributed by atoms with Crippen LogP contribution in [0.2, 0.25) is 0 Å². The number of nitrogens with zero attached hydrogens (tertiary/aromatic N) is 1. The lowest BCUT2D eigenvalue weighted by atomic mass is 10.0. The van der Waals surface area contributed by atoms with Gasteiger partial charge in [-0.05, 0) is 38.0 Å². The van der Waals surface area contributed by atoms with E-state index < -0.39 is 5.60 Å². The summed E-state index contributed by atoms with van der Waals surface area (Å²) in [6, 6.07) is 4.17. The molecule has 1 atom stereocenters. The van der Waals surface area contributed by atoms with E-state index in [2.05, 4.69) is 29.0 Å². The molecule has 0 amide bonds. The maximum Gasteiger partial charge on any atom is 0.110 e. The highest BCUT2D eigenvalue weighted by molar-refractivity contribution is 5.79. The van der Waals surface area contributed by atoms with Crippen LogP contribution in [0.15, 0.2) is 12.1 Å². The Morgan fingerprint density at radius 2 is 2.12 bits per heavy atom. The first-order chi connectivity index (χ1) is 7.91. The van der Waals surface area contributed by atoms with Crippen LogP contribution < -0.4 is 5.73 Å². The molecule has 0 saturated carbocycles. The summed E-state index contributed by atoms with van der Waals surface area (Å²) in [5, 5.41) is 9.94. The van der Waals surface area contributed by atoms with Crippen LogP contribution in [0.25, 0.3) is 11.0 Å². The van der Waals surface area contributed by atoms with Crippen molar-refractivity contribution in [2.24, 2.45) is 5.73 Å². The lowest BCUT2D eigenvalue weighted by molar-refractivity contribution is 0.0678. The van der Waals surface area contributed by atoms with Gasteiger partial charge in [-0.3, -0.25) is 0 Å². The Morgan fingerprint density at radius 3 is 2.76 bits per heavy atom. The summed E-state index contributed by atoms with van der Waals surface area (Å²) in [7, 11) is 0. The number of aromatic nitrogens is 2. The lowest BCUT2D eigenvalue weighted by Gasteiger charge is -2.18. The van der Waals surface area contributed by atoms with Gasteiger partial charge in [0.15, 0.2) is 0 Å². The first-order valence-corrected chi connectivity index (χ1v) is 5.79. The fourth-order valence-corrected chi connectivity index (χ4v) is 2.04. The van der Waals surface area contributed by atoms with Crippen LogP contribution in [0.4, 0.5) is 0 Å². The number of hydrogen-bond acceptors (Lipinski definition) is 3. The molecule has 0 spiro atoms. The van der Waals surface area contributed by atoms with Gasteiger partial charge >= 0.3 is 0 Å². The van der Waals surface area contributed by atoms with E-state index in [9.17, 15) is 5.11 Å². The number of hydrogen-bond donors (Lipinski definition) is 3. The number of benzene rings is 1. The SMILES string of the molecule is Cc1cc(C)c2nc(CC(C)(O)CN)[nH]c2c1. The summed E-state index contributed by atoms with van der Waals surface area (Å²) < 4.78 is 0. The average molecular weight is 233 g/mol. The van der Waals surface area contributed by atoms with Crippen molar-refractivity contribution in [1.29, 1.82) is 0 Å². The van der Waals surface area contributed by atoms with E-state index in [1.807, 2.05) is 6.92 Å². The van der Waals surface area contributed by atoms with Gasteiger partial charge in [-0.25, -0.2) is 4.98 Å². The third kappa shape index (κ3) is 2.48. The van der Waals surface area contributed by atoms with Crippen molar-refractivity contribution in [3.63, 3.8) is 0 Å². The minimum atomic E-state index is -0.906. The van der Waals surface area contributed by atoms with E-state index in [1.54, 1.807) is 6.92 Å². The summed E-state index contributed by atoms with van der Waals surface area (Å²) in [6.07, 6.45) is 0.441. The molecule has 1 aromatic heterocycles. The van der Waals surface area contributed by atoms with Crippen LogP contribution in [-0.4, -0.2) is 27.2 Å². The molecule has 0 fully saturated rings. The second kappa shape index (κ2) is 4.13. The van der Waals surface area contributed by atoms with Gasteiger partial charge in [0.2, 0.25) is 0 Å². The number of aryl methyl sites for hydroxylation is 2. The van der Waals surface area contributed by atoms with Crippen molar-refractivity contribution in [2.75, 3.05) is 6.54 Å². The van der Waals surface area contributed by atoms with E-state index in [-0.39, 0.29) is 6.54 Å². The summed E-state index contributed by atoms with van der Waals surface area (Å²) in [5.41, 5.74) is 8.95. The maximum absolute atomic E-state index is 9.94. The number of H-pyrrole nitrogens is 1. The van der Waals surface area contributed by atoms with Crippen molar-refractivity contribution in [2.45, 2.75) is 32.8 Å². The molecular formula is C13H19N3O. The van der Waals surface area contributed by atoms with Crippen LogP contribution in [0, 0.1) is 13.8 Å². The zero-order valence-electron chi connectivity index (χ0n) is 10.5. The summed E-state index contributed by atoms with van der Waals surface area (Å²) in [6.45, 7) is 6.05. The Hall–Kier alpha value is -1.39. The normalized spacial score (nSPS) is 15.1. The molecule has 2 aromatic rings. The van der Waals surface area contributed by atoms with Crippen molar-refractivity contribution < 1.29 is 5.11 Å². The number of rotatable bonds is 3. The molecule has 92 valence electrons. The van der Waals surface area contributed by atoms with Crippen molar-refractivity contribution in [3.8, 4) is 0 Å². The molecule has 17 heavy (non-hydrogen) atoms. The van der Waals surface area contributed by atoms with Gasteiger partial charge in [-0.1, -0.05) is 6.07 Å². The highest BCUT2D eigenvalue weighted by Gasteiger charge is 2.21. The van der Waals surface area contributed by atoms with E-state index in [0.29, 0.717) is 6.42 Å². The maximum atomic E-state index is 9.94. The third-order valence-corrected chi connectivity index (χ3v) is 2.96. The summed E-state index contributed by atoms with van der Waals surface area (Å²) in [4.78, 5) is 7.76. The van der Waals surface area contributed by atoms with Gasteiger partial charge in [-0.2, -0.15) is 0 Å². The van der Waals surface area contributed by atoms with Crippen LogP contribution >= 0.6 is 0 Å². The molecule has 1 aromatic carbocycles. The Bertz CT molecular complexity index is 543. The average Bonchev–Trinajstić information content (AvgIpc) is 2.59. The summed E-state index contributed by atoms with van der Waals surface area (Å²) in [5.74, 6) is 0.782. The van der Waals surface area contributed by atoms with Crippen LogP contribution in [0.1, 0.15) is 23.9 Å². The van der Waals surface area contributed by atoms with Gasteiger partial charge in [0, 0.05) is 13.0 Å². The highest BCUT2D eigenvalue weighted by atomic mass is 16.3.